The summed E-state index contributed by atoms with van der Waals surface area (Å²) in [5.74, 6) is 1.99. The minimum absolute atomic E-state index is 0.0333. The quantitative estimate of drug-likeness (QED) is 0.588. The van der Waals surface area contributed by atoms with Gasteiger partial charge in [0.15, 0.2) is 5.76 Å². The Morgan fingerprint density at radius 1 is 1.22 bits per heavy atom. The Morgan fingerprint density at radius 3 is 2.69 bits per heavy atom. The predicted octanol–water partition coefficient (Wildman–Crippen LogP) is 3.93. The van der Waals surface area contributed by atoms with Crippen molar-refractivity contribution >= 4 is 21.8 Å². The number of ether oxygens (including phenoxy) is 1. The van der Waals surface area contributed by atoms with Gasteiger partial charge >= 0.3 is 0 Å². The molecule has 0 atom stereocenters. The van der Waals surface area contributed by atoms with E-state index in [4.69, 9.17) is 14.9 Å². The topological polar surface area (TPSA) is 86.5 Å². The third-order valence-corrected chi connectivity index (χ3v) is 7.98. The smallest absolute Gasteiger partial charge is 0.289 e. The molecule has 0 bridgehead atoms. The molecule has 1 fully saturated rings. The van der Waals surface area contributed by atoms with E-state index in [-0.39, 0.29) is 11.3 Å². The number of amides is 1. The summed E-state index contributed by atoms with van der Waals surface area (Å²) >= 11 is 3.55. The first kappa shape index (κ1) is 21.3. The highest BCUT2D eigenvalue weighted by Gasteiger charge is 2.44. The average Bonchev–Trinajstić information content (AvgIpc) is 3.48. The summed E-state index contributed by atoms with van der Waals surface area (Å²) in [5, 5.41) is 4.52. The van der Waals surface area contributed by atoms with Gasteiger partial charge in [0.2, 0.25) is 0 Å². The highest BCUT2D eigenvalue weighted by molar-refractivity contribution is 9.10. The Balaban J connectivity index is 1.27. The third-order valence-electron chi connectivity index (χ3n) is 6.83. The van der Waals surface area contributed by atoms with E-state index < -0.39 is 0 Å². The van der Waals surface area contributed by atoms with Gasteiger partial charge in [0.1, 0.15) is 11.5 Å². The Hall–Kier alpha value is -2.58. The molecule has 2 N–H and O–H groups in total. The molecular weight excluding hydrogens is 472 g/mol. The number of benzene rings is 1. The van der Waals surface area contributed by atoms with Crippen molar-refractivity contribution in [2.45, 2.75) is 45.2 Å². The van der Waals surface area contributed by atoms with Crippen LogP contribution in [-0.2, 0) is 18.5 Å². The Bertz CT molecular complexity index is 1170. The van der Waals surface area contributed by atoms with Crippen molar-refractivity contribution in [2.75, 3.05) is 19.7 Å². The highest BCUT2D eigenvalue weighted by atomic mass is 79.9. The lowest BCUT2D eigenvalue weighted by Gasteiger charge is -2.38. The summed E-state index contributed by atoms with van der Waals surface area (Å²) in [7, 11) is 0. The number of aromatic nitrogens is 2. The van der Waals surface area contributed by atoms with Crippen LogP contribution in [0.25, 0.3) is 0 Å². The number of hydrogen-bond donors (Lipinski definition) is 1. The van der Waals surface area contributed by atoms with Crippen molar-refractivity contribution in [1.82, 2.24) is 14.7 Å². The first-order valence-corrected chi connectivity index (χ1v) is 11.7. The first-order valence-electron chi connectivity index (χ1n) is 10.9. The van der Waals surface area contributed by atoms with Gasteiger partial charge in [-0.15, -0.1) is 0 Å². The van der Waals surface area contributed by atoms with Gasteiger partial charge in [0.05, 0.1) is 29.0 Å². The van der Waals surface area contributed by atoms with E-state index in [9.17, 15) is 4.79 Å². The van der Waals surface area contributed by atoms with Gasteiger partial charge < -0.3 is 19.8 Å². The lowest BCUT2D eigenvalue weighted by Crippen LogP contribution is -2.46. The number of fused-ring (bicyclic) bond motifs is 2. The number of hydrogen-bond acceptors (Lipinski definition) is 5. The molecule has 3 aromatic rings. The van der Waals surface area contributed by atoms with Gasteiger partial charge in [-0.1, -0.05) is 12.1 Å². The average molecular weight is 499 g/mol. The third kappa shape index (κ3) is 3.55. The van der Waals surface area contributed by atoms with Crippen LogP contribution in [0.1, 0.15) is 51.7 Å². The van der Waals surface area contributed by atoms with Gasteiger partial charge in [-0.3, -0.25) is 9.48 Å². The van der Waals surface area contributed by atoms with E-state index in [1.165, 1.54) is 5.56 Å². The molecule has 0 radical (unpaired) electrons. The van der Waals surface area contributed by atoms with Crippen LogP contribution in [0.4, 0.5) is 0 Å². The number of carbonyl (C=O) groups is 1. The van der Waals surface area contributed by atoms with E-state index >= 15 is 0 Å². The molecule has 0 unspecified atom stereocenters. The van der Waals surface area contributed by atoms with Crippen LogP contribution >= 0.6 is 15.9 Å². The van der Waals surface area contributed by atoms with Crippen molar-refractivity contribution < 1.29 is 13.9 Å². The molecule has 7 nitrogen and oxygen atoms in total. The second-order valence-corrected chi connectivity index (χ2v) is 9.60. The van der Waals surface area contributed by atoms with Crippen LogP contribution < -0.4 is 10.5 Å². The number of carbonyl (C=O) groups excluding carboxylic acids is 1. The van der Waals surface area contributed by atoms with Crippen LogP contribution in [0.15, 0.2) is 39.2 Å². The molecule has 4 heterocycles. The molecule has 2 aromatic heterocycles. The Labute approximate surface area is 195 Å². The fourth-order valence-electron chi connectivity index (χ4n) is 4.80. The SMILES string of the molecule is Cc1nn(Cc2ccc(C(=O)N3CCC4(CC3)COc3ccc(CN)cc34)o2)c(C)c1Br. The lowest BCUT2D eigenvalue weighted by molar-refractivity contribution is 0.0613. The number of piperidine rings is 1. The largest absolute Gasteiger partial charge is 0.492 e. The molecule has 1 saturated heterocycles. The minimum atomic E-state index is -0.0597. The molecule has 32 heavy (non-hydrogen) atoms. The zero-order valence-electron chi connectivity index (χ0n) is 18.4. The molecule has 168 valence electrons. The molecule has 0 saturated carbocycles. The number of halogens is 1. The predicted molar refractivity (Wildman–Crippen MR) is 124 cm³/mol. The van der Waals surface area contributed by atoms with Gasteiger partial charge in [0.25, 0.3) is 5.91 Å². The maximum atomic E-state index is 13.1. The van der Waals surface area contributed by atoms with Gasteiger partial charge in [0, 0.05) is 30.6 Å². The van der Waals surface area contributed by atoms with Crippen molar-refractivity contribution in [3.8, 4) is 5.75 Å². The van der Waals surface area contributed by atoms with Crippen LogP contribution in [0, 0.1) is 13.8 Å². The number of aryl methyl sites for hydroxylation is 1. The van der Waals surface area contributed by atoms with E-state index in [0.29, 0.717) is 44.3 Å². The standard InChI is InChI=1S/C24H27BrN4O3/c1-15-22(25)16(2)29(27-15)13-18-4-6-21(32-18)23(30)28-9-7-24(8-10-28)14-31-20-5-3-17(12-26)11-19(20)24/h3-6,11H,7-10,12-14,26H2,1-2H3. The maximum Gasteiger partial charge on any atom is 0.289 e. The van der Waals surface area contributed by atoms with Crippen LogP contribution in [0.5, 0.6) is 5.75 Å². The van der Waals surface area contributed by atoms with Gasteiger partial charge in [-0.25, -0.2) is 0 Å². The van der Waals surface area contributed by atoms with E-state index in [1.807, 2.05) is 41.6 Å². The normalized spacial score (nSPS) is 16.9. The first-order chi connectivity index (χ1) is 15.4. The number of likely N-dealkylation sites (tertiary alicyclic amines) is 1. The summed E-state index contributed by atoms with van der Waals surface area (Å²) in [5.41, 5.74) is 10.1. The summed E-state index contributed by atoms with van der Waals surface area (Å²) in [6.07, 6.45) is 1.74. The minimum Gasteiger partial charge on any atom is -0.492 e. The van der Waals surface area contributed by atoms with E-state index in [0.717, 1.165) is 40.0 Å². The van der Waals surface area contributed by atoms with Crippen molar-refractivity contribution in [1.29, 1.82) is 0 Å². The summed E-state index contributed by atoms with van der Waals surface area (Å²) in [6.45, 7) is 6.99. The Morgan fingerprint density at radius 2 is 2.00 bits per heavy atom. The number of nitrogens with two attached hydrogens (primary N) is 1. The van der Waals surface area contributed by atoms with Crippen LogP contribution in [0.3, 0.4) is 0 Å². The molecule has 1 aromatic carbocycles. The number of furan rings is 1. The van der Waals surface area contributed by atoms with E-state index in [1.54, 1.807) is 6.07 Å². The molecular formula is C24H27BrN4O3. The van der Waals surface area contributed by atoms with Crippen molar-refractivity contribution in [3.05, 3.63) is 68.8 Å². The monoisotopic (exact) mass is 498 g/mol. The molecule has 1 amide bonds. The number of nitrogens with zero attached hydrogens (tertiary/aromatic N) is 3. The fourth-order valence-corrected chi connectivity index (χ4v) is 5.08. The molecule has 5 rings (SSSR count). The number of rotatable bonds is 4. The highest BCUT2D eigenvalue weighted by Crippen LogP contribution is 2.46. The van der Waals surface area contributed by atoms with Crippen molar-refractivity contribution in [2.24, 2.45) is 5.73 Å². The molecule has 8 heteroatoms. The van der Waals surface area contributed by atoms with Gasteiger partial charge in [-0.2, -0.15) is 5.10 Å². The second kappa shape index (κ2) is 8.08. The molecule has 0 aliphatic carbocycles. The summed E-state index contributed by atoms with van der Waals surface area (Å²) in [4.78, 5) is 15.0. The fraction of sp³-hybridized carbons (Fsp3) is 0.417. The Kier molecular flexibility index (Phi) is 5.37. The summed E-state index contributed by atoms with van der Waals surface area (Å²) in [6, 6.07) is 9.85. The van der Waals surface area contributed by atoms with Crippen LogP contribution in [0.2, 0.25) is 0 Å². The van der Waals surface area contributed by atoms with Gasteiger partial charge in [-0.05, 0) is 66.4 Å². The zero-order valence-corrected chi connectivity index (χ0v) is 19.9. The zero-order chi connectivity index (χ0) is 22.5. The summed E-state index contributed by atoms with van der Waals surface area (Å²) < 4.78 is 14.8. The van der Waals surface area contributed by atoms with Crippen LogP contribution in [-0.4, -0.2) is 40.3 Å². The maximum absolute atomic E-state index is 13.1. The lowest BCUT2D eigenvalue weighted by atomic mass is 9.74. The molecule has 1 spiro atoms. The van der Waals surface area contributed by atoms with E-state index in [2.05, 4.69) is 27.1 Å². The molecule has 2 aliphatic heterocycles. The molecule has 2 aliphatic rings. The second-order valence-electron chi connectivity index (χ2n) is 8.80. The van der Waals surface area contributed by atoms with Crippen molar-refractivity contribution in [3.63, 3.8) is 0 Å².